The second-order valence-electron chi connectivity index (χ2n) is 6.23. The molecule has 0 fully saturated rings. The lowest BCUT2D eigenvalue weighted by Crippen LogP contribution is -2.30. The van der Waals surface area contributed by atoms with Crippen LogP contribution in [0.1, 0.15) is 45.7 Å². The highest BCUT2D eigenvalue weighted by Crippen LogP contribution is 2.40. The zero-order valence-corrected chi connectivity index (χ0v) is 12.5. The third-order valence-electron chi connectivity index (χ3n) is 3.00. The molecule has 3 heteroatoms. The van der Waals surface area contributed by atoms with Crippen molar-refractivity contribution in [3.63, 3.8) is 0 Å². The second-order valence-corrected chi connectivity index (χ2v) is 6.23. The van der Waals surface area contributed by atoms with Gasteiger partial charge in [0, 0.05) is 16.7 Å². The molecule has 0 radical (unpaired) electrons. The zero-order valence-electron chi connectivity index (χ0n) is 12.5. The third kappa shape index (κ3) is 2.96. The van der Waals surface area contributed by atoms with Gasteiger partial charge in [0.25, 0.3) is 0 Å². The van der Waals surface area contributed by atoms with Gasteiger partial charge in [-0.15, -0.1) is 0 Å². The summed E-state index contributed by atoms with van der Waals surface area (Å²) >= 11 is 0. The van der Waals surface area contributed by atoms with E-state index >= 15 is 0 Å². The Hall–Kier alpha value is -1.22. The molecular weight excluding hydrogens is 226 g/mol. The standard InChI is InChI=1S/C15H25NO2/c1-14(2,3)11-8-10(17-6)9-12(13(11)18-7)15(4,5)16/h8-9H,16H2,1-7H3. The minimum absolute atomic E-state index is 0.0279. The Balaban J connectivity index is 3.61. The Morgan fingerprint density at radius 1 is 0.889 bits per heavy atom. The van der Waals surface area contributed by atoms with Crippen molar-refractivity contribution in [3.05, 3.63) is 23.3 Å². The lowest BCUT2D eigenvalue weighted by atomic mass is 9.82. The van der Waals surface area contributed by atoms with Crippen LogP contribution in [0, 0.1) is 0 Å². The van der Waals surface area contributed by atoms with E-state index < -0.39 is 5.54 Å². The van der Waals surface area contributed by atoms with E-state index in [9.17, 15) is 0 Å². The second kappa shape index (κ2) is 4.81. The van der Waals surface area contributed by atoms with Crippen LogP contribution in [-0.4, -0.2) is 14.2 Å². The van der Waals surface area contributed by atoms with E-state index in [0.717, 1.165) is 22.6 Å². The Morgan fingerprint density at radius 3 is 1.72 bits per heavy atom. The highest BCUT2D eigenvalue weighted by atomic mass is 16.5. The first-order valence-electron chi connectivity index (χ1n) is 6.17. The van der Waals surface area contributed by atoms with Crippen LogP contribution in [0.4, 0.5) is 0 Å². The molecule has 0 aliphatic heterocycles. The molecular formula is C15H25NO2. The Kier molecular flexibility index (Phi) is 3.96. The van der Waals surface area contributed by atoms with Gasteiger partial charge in [0.15, 0.2) is 0 Å². The zero-order chi connectivity index (χ0) is 14.1. The molecule has 0 saturated heterocycles. The topological polar surface area (TPSA) is 44.5 Å². The normalized spacial score (nSPS) is 12.4. The molecule has 2 N–H and O–H groups in total. The van der Waals surface area contributed by atoms with Crippen LogP contribution in [0.25, 0.3) is 0 Å². The summed E-state index contributed by atoms with van der Waals surface area (Å²) in [5.74, 6) is 1.67. The smallest absolute Gasteiger partial charge is 0.127 e. The largest absolute Gasteiger partial charge is 0.497 e. The van der Waals surface area contributed by atoms with Crippen LogP contribution < -0.4 is 15.2 Å². The van der Waals surface area contributed by atoms with E-state index in [1.807, 2.05) is 26.0 Å². The predicted molar refractivity (Wildman–Crippen MR) is 75.5 cm³/mol. The Morgan fingerprint density at radius 2 is 1.39 bits per heavy atom. The molecule has 1 aromatic rings. The van der Waals surface area contributed by atoms with Gasteiger partial charge in [0.1, 0.15) is 11.5 Å². The molecule has 1 rings (SSSR count). The average molecular weight is 251 g/mol. The molecule has 0 aliphatic rings. The molecule has 0 heterocycles. The number of methoxy groups -OCH3 is 2. The highest BCUT2D eigenvalue weighted by molar-refractivity contribution is 5.52. The number of hydrogen-bond donors (Lipinski definition) is 1. The van der Waals surface area contributed by atoms with Crippen molar-refractivity contribution in [1.82, 2.24) is 0 Å². The molecule has 0 saturated carbocycles. The number of benzene rings is 1. The van der Waals surface area contributed by atoms with Gasteiger partial charge < -0.3 is 15.2 Å². The molecule has 102 valence electrons. The van der Waals surface area contributed by atoms with Gasteiger partial charge in [-0.05, 0) is 31.4 Å². The number of ether oxygens (including phenoxy) is 2. The molecule has 0 bridgehead atoms. The number of rotatable bonds is 3. The van der Waals surface area contributed by atoms with E-state index in [-0.39, 0.29) is 5.41 Å². The van der Waals surface area contributed by atoms with Gasteiger partial charge in [0.05, 0.1) is 14.2 Å². The van der Waals surface area contributed by atoms with Crippen LogP contribution in [0.3, 0.4) is 0 Å². The molecule has 0 aliphatic carbocycles. The van der Waals surface area contributed by atoms with E-state index in [2.05, 4.69) is 20.8 Å². The summed E-state index contributed by atoms with van der Waals surface area (Å²) in [4.78, 5) is 0. The molecule has 0 spiro atoms. The molecule has 18 heavy (non-hydrogen) atoms. The first-order valence-corrected chi connectivity index (χ1v) is 6.17. The molecule has 0 amide bonds. The maximum Gasteiger partial charge on any atom is 0.127 e. The maximum atomic E-state index is 6.23. The summed E-state index contributed by atoms with van der Waals surface area (Å²) in [6.07, 6.45) is 0. The fourth-order valence-electron chi connectivity index (χ4n) is 1.98. The summed E-state index contributed by atoms with van der Waals surface area (Å²) in [6.45, 7) is 10.4. The van der Waals surface area contributed by atoms with Gasteiger partial charge in [-0.3, -0.25) is 0 Å². The SMILES string of the molecule is COc1cc(C(C)(C)C)c(OC)c(C(C)(C)N)c1. The van der Waals surface area contributed by atoms with Gasteiger partial charge in [0.2, 0.25) is 0 Å². The molecule has 0 aromatic heterocycles. The van der Waals surface area contributed by atoms with Gasteiger partial charge in [-0.2, -0.15) is 0 Å². The van der Waals surface area contributed by atoms with Crippen molar-refractivity contribution >= 4 is 0 Å². The minimum atomic E-state index is -0.472. The van der Waals surface area contributed by atoms with Crippen LogP contribution >= 0.6 is 0 Å². The third-order valence-corrected chi connectivity index (χ3v) is 3.00. The van der Waals surface area contributed by atoms with Gasteiger partial charge in [-0.1, -0.05) is 20.8 Å². The monoisotopic (exact) mass is 251 g/mol. The van der Waals surface area contributed by atoms with Crippen molar-refractivity contribution in [1.29, 1.82) is 0 Å². The van der Waals surface area contributed by atoms with Crippen molar-refractivity contribution in [2.45, 2.75) is 45.6 Å². The van der Waals surface area contributed by atoms with Gasteiger partial charge in [-0.25, -0.2) is 0 Å². The lowest BCUT2D eigenvalue weighted by Gasteiger charge is -2.29. The summed E-state index contributed by atoms with van der Waals surface area (Å²) < 4.78 is 11.0. The maximum absolute atomic E-state index is 6.23. The fourth-order valence-corrected chi connectivity index (χ4v) is 1.98. The first-order chi connectivity index (χ1) is 8.11. The van der Waals surface area contributed by atoms with Gasteiger partial charge >= 0.3 is 0 Å². The summed E-state index contributed by atoms with van der Waals surface area (Å²) in [5, 5.41) is 0. The van der Waals surface area contributed by atoms with E-state index in [0.29, 0.717) is 0 Å². The number of nitrogens with two attached hydrogens (primary N) is 1. The molecule has 0 atom stereocenters. The van der Waals surface area contributed by atoms with Crippen molar-refractivity contribution in [2.75, 3.05) is 14.2 Å². The quantitative estimate of drug-likeness (QED) is 0.897. The van der Waals surface area contributed by atoms with Crippen molar-refractivity contribution in [2.24, 2.45) is 5.73 Å². The summed E-state index contributed by atoms with van der Waals surface area (Å²) in [6, 6.07) is 3.97. The first kappa shape index (κ1) is 14.8. The molecule has 0 unspecified atom stereocenters. The van der Waals surface area contributed by atoms with Crippen LogP contribution in [0.15, 0.2) is 12.1 Å². The fraction of sp³-hybridized carbons (Fsp3) is 0.600. The minimum Gasteiger partial charge on any atom is -0.497 e. The lowest BCUT2D eigenvalue weighted by molar-refractivity contribution is 0.370. The molecule has 1 aromatic carbocycles. The highest BCUT2D eigenvalue weighted by Gasteiger charge is 2.27. The number of hydrogen-bond acceptors (Lipinski definition) is 3. The summed E-state index contributed by atoms with van der Waals surface area (Å²) in [7, 11) is 3.35. The van der Waals surface area contributed by atoms with Crippen LogP contribution in [0.5, 0.6) is 11.5 Å². The Bertz CT molecular complexity index is 390. The Labute approximate surface area is 110 Å². The van der Waals surface area contributed by atoms with Crippen LogP contribution in [0.2, 0.25) is 0 Å². The average Bonchev–Trinajstić information content (AvgIpc) is 2.24. The van der Waals surface area contributed by atoms with E-state index in [1.54, 1.807) is 14.2 Å². The van der Waals surface area contributed by atoms with Crippen LogP contribution in [-0.2, 0) is 11.0 Å². The predicted octanol–water partition coefficient (Wildman–Crippen LogP) is 3.20. The van der Waals surface area contributed by atoms with E-state index in [1.165, 1.54) is 0 Å². The van der Waals surface area contributed by atoms with Crippen molar-refractivity contribution < 1.29 is 9.47 Å². The van der Waals surface area contributed by atoms with E-state index in [4.69, 9.17) is 15.2 Å². The molecule has 3 nitrogen and oxygen atoms in total. The van der Waals surface area contributed by atoms with Crippen molar-refractivity contribution in [3.8, 4) is 11.5 Å². The summed E-state index contributed by atoms with van der Waals surface area (Å²) in [5.41, 5.74) is 7.81.